The average Bonchev–Trinajstić information content (AvgIpc) is 2.96. The van der Waals surface area contributed by atoms with Gasteiger partial charge in [-0.15, -0.1) is 0 Å². The number of para-hydroxylation sites is 1. The number of carbonyl (C=O) groups excluding carboxylic acids is 1. The van der Waals surface area contributed by atoms with Gasteiger partial charge in [-0.3, -0.25) is 4.99 Å². The molecule has 0 aromatic heterocycles. The Labute approximate surface area is 195 Å². The van der Waals surface area contributed by atoms with Crippen molar-refractivity contribution in [3.8, 4) is 5.75 Å². The van der Waals surface area contributed by atoms with E-state index < -0.39 is 17.1 Å². The lowest BCUT2D eigenvalue weighted by molar-refractivity contribution is 0.0545. The molecule has 3 aromatic rings. The maximum atomic E-state index is 12.9. The average molecular weight is 443 g/mol. The van der Waals surface area contributed by atoms with Crippen LogP contribution in [0.3, 0.4) is 0 Å². The maximum Gasteiger partial charge on any atom is 0.341 e. The highest BCUT2D eigenvalue weighted by Crippen LogP contribution is 2.56. The van der Waals surface area contributed by atoms with Crippen LogP contribution < -0.4 is 9.64 Å². The largest absolute Gasteiger partial charge is 0.465 e. The molecule has 0 fully saturated rings. The first-order valence-electron chi connectivity index (χ1n) is 11.3. The number of fused-ring (bicyclic) bond motifs is 4. The van der Waals surface area contributed by atoms with Crippen molar-refractivity contribution in [1.29, 1.82) is 0 Å². The lowest BCUT2D eigenvalue weighted by Gasteiger charge is -2.48. The number of ether oxygens (including phenoxy) is 2. The smallest absolute Gasteiger partial charge is 0.341 e. The van der Waals surface area contributed by atoms with Gasteiger partial charge in [0.05, 0.1) is 18.7 Å². The number of benzene rings is 3. The van der Waals surface area contributed by atoms with E-state index in [0.717, 1.165) is 23.0 Å². The second-order valence-electron chi connectivity index (χ2n) is 10.7. The molecular formula is C28H30N2O3. The molecule has 170 valence electrons. The summed E-state index contributed by atoms with van der Waals surface area (Å²) in [4.78, 5) is 20.2. The van der Waals surface area contributed by atoms with Crippen LogP contribution >= 0.6 is 0 Å². The van der Waals surface area contributed by atoms with E-state index in [1.165, 1.54) is 12.7 Å². The number of hydrogen-bond acceptors (Lipinski definition) is 5. The van der Waals surface area contributed by atoms with Gasteiger partial charge in [-0.2, -0.15) is 0 Å². The predicted octanol–water partition coefficient (Wildman–Crippen LogP) is 6.26. The Kier molecular flexibility index (Phi) is 4.61. The van der Waals surface area contributed by atoms with Crippen LogP contribution in [0.15, 0.2) is 59.6 Å². The fraction of sp³-hybridized carbons (Fsp3) is 0.357. The fourth-order valence-corrected chi connectivity index (χ4v) is 5.17. The number of rotatable bonds is 2. The summed E-state index contributed by atoms with van der Waals surface area (Å²) in [6, 6.07) is 18.2. The summed E-state index contributed by atoms with van der Waals surface area (Å²) in [5, 5.41) is 1.87. The number of anilines is 1. The molecule has 1 atom stereocenters. The number of nitrogens with zero attached hydrogens (tertiary/aromatic N) is 2. The van der Waals surface area contributed by atoms with E-state index in [4.69, 9.17) is 14.5 Å². The quantitative estimate of drug-likeness (QED) is 0.440. The normalized spacial score (nSPS) is 20.5. The van der Waals surface area contributed by atoms with Gasteiger partial charge in [0.25, 0.3) is 0 Å². The maximum absolute atomic E-state index is 12.9. The lowest BCUT2D eigenvalue weighted by Crippen LogP contribution is -2.63. The van der Waals surface area contributed by atoms with E-state index in [2.05, 4.69) is 63.8 Å². The zero-order chi connectivity index (χ0) is 23.6. The number of aliphatic imine (C=N–C) groups is 1. The van der Waals surface area contributed by atoms with Gasteiger partial charge in [0.1, 0.15) is 11.3 Å². The van der Waals surface area contributed by atoms with Crippen LogP contribution in [0.5, 0.6) is 5.75 Å². The molecule has 5 rings (SSSR count). The van der Waals surface area contributed by atoms with Gasteiger partial charge in [0.2, 0.25) is 5.72 Å². The van der Waals surface area contributed by atoms with E-state index in [1.54, 1.807) is 0 Å². The monoisotopic (exact) mass is 442 g/mol. The molecule has 0 aliphatic carbocycles. The Morgan fingerprint density at radius 2 is 1.79 bits per heavy atom. The highest BCUT2D eigenvalue weighted by Gasteiger charge is 2.60. The van der Waals surface area contributed by atoms with Crippen LogP contribution in [0.2, 0.25) is 0 Å². The first-order valence-corrected chi connectivity index (χ1v) is 11.3. The zero-order valence-electron chi connectivity index (χ0n) is 20.1. The summed E-state index contributed by atoms with van der Waals surface area (Å²) in [5.41, 5.74) is 2.09. The summed E-state index contributed by atoms with van der Waals surface area (Å²) < 4.78 is 12.1. The van der Waals surface area contributed by atoms with Crippen molar-refractivity contribution in [1.82, 2.24) is 0 Å². The molecular weight excluding hydrogens is 412 g/mol. The Morgan fingerprint density at radius 1 is 1.09 bits per heavy atom. The van der Waals surface area contributed by atoms with Gasteiger partial charge < -0.3 is 14.4 Å². The molecule has 1 spiro atoms. The number of methoxy groups -OCH3 is 1. The molecule has 0 amide bonds. The molecule has 0 bridgehead atoms. The van der Waals surface area contributed by atoms with Crippen molar-refractivity contribution in [3.05, 3.63) is 65.7 Å². The lowest BCUT2D eigenvalue weighted by atomic mass is 9.77. The van der Waals surface area contributed by atoms with E-state index in [-0.39, 0.29) is 5.41 Å². The zero-order valence-corrected chi connectivity index (χ0v) is 20.1. The van der Waals surface area contributed by atoms with Gasteiger partial charge in [-0.05, 0) is 42.3 Å². The van der Waals surface area contributed by atoms with Gasteiger partial charge in [0, 0.05) is 17.6 Å². The van der Waals surface area contributed by atoms with Crippen LogP contribution in [0.4, 0.5) is 11.4 Å². The molecule has 33 heavy (non-hydrogen) atoms. The third kappa shape index (κ3) is 3.05. The summed E-state index contributed by atoms with van der Waals surface area (Å²) in [6.45, 7) is 11.8. The van der Waals surface area contributed by atoms with Crippen LogP contribution in [0.1, 0.15) is 50.5 Å². The van der Waals surface area contributed by atoms with Crippen molar-refractivity contribution in [2.75, 3.05) is 18.6 Å². The van der Waals surface area contributed by atoms with E-state index in [0.29, 0.717) is 17.0 Å². The van der Waals surface area contributed by atoms with Crippen molar-refractivity contribution in [2.24, 2.45) is 10.4 Å². The minimum absolute atomic E-state index is 0.00652. The number of hydrogen-bond donors (Lipinski definition) is 0. The van der Waals surface area contributed by atoms with Crippen molar-refractivity contribution < 1.29 is 14.3 Å². The molecule has 2 aliphatic heterocycles. The summed E-state index contributed by atoms with van der Waals surface area (Å²) in [6.07, 6.45) is 1.94. The number of esters is 1. The minimum Gasteiger partial charge on any atom is -0.465 e. The van der Waals surface area contributed by atoms with Crippen LogP contribution in [-0.4, -0.2) is 31.6 Å². The van der Waals surface area contributed by atoms with Gasteiger partial charge in [-0.1, -0.05) is 63.2 Å². The van der Waals surface area contributed by atoms with E-state index in [9.17, 15) is 4.79 Å². The molecule has 0 saturated heterocycles. The Morgan fingerprint density at radius 3 is 2.52 bits per heavy atom. The molecule has 1 unspecified atom stereocenters. The van der Waals surface area contributed by atoms with E-state index >= 15 is 0 Å². The first kappa shape index (κ1) is 21.5. The first-order chi connectivity index (χ1) is 15.6. The standard InChI is InChI=1S/C28H30N2O3/c1-26(2,3)17-30-22-14-10-9-13-21(22)27(4,5)28(30)16-29-23-19-12-8-7-11-18(19)15-20(24(23)33-28)25(31)32-6/h7-16H,17H2,1-6H3. The minimum atomic E-state index is -0.887. The second-order valence-corrected chi connectivity index (χ2v) is 10.7. The topological polar surface area (TPSA) is 51.1 Å². The molecule has 0 radical (unpaired) electrons. The summed E-state index contributed by atoms with van der Waals surface area (Å²) in [7, 11) is 1.40. The van der Waals surface area contributed by atoms with Crippen molar-refractivity contribution in [2.45, 2.75) is 45.8 Å². The fourth-order valence-electron chi connectivity index (χ4n) is 5.17. The van der Waals surface area contributed by atoms with Crippen LogP contribution in [0, 0.1) is 5.41 Å². The highest BCUT2D eigenvalue weighted by molar-refractivity contribution is 6.07. The highest BCUT2D eigenvalue weighted by atomic mass is 16.5. The predicted molar refractivity (Wildman–Crippen MR) is 133 cm³/mol. The molecule has 5 heteroatoms. The molecule has 3 aromatic carbocycles. The molecule has 2 heterocycles. The molecule has 0 N–H and O–H groups in total. The summed E-state index contributed by atoms with van der Waals surface area (Å²) in [5.74, 6) is 0.0442. The Bertz CT molecular complexity index is 1300. The van der Waals surface area contributed by atoms with Crippen molar-refractivity contribution >= 4 is 34.3 Å². The van der Waals surface area contributed by atoms with Crippen LogP contribution in [0.25, 0.3) is 10.8 Å². The van der Waals surface area contributed by atoms with Gasteiger partial charge in [0.15, 0.2) is 5.75 Å². The Hall–Kier alpha value is -3.34. The third-order valence-corrected chi connectivity index (χ3v) is 6.80. The van der Waals surface area contributed by atoms with Gasteiger partial charge >= 0.3 is 5.97 Å². The van der Waals surface area contributed by atoms with E-state index in [1.807, 2.05) is 36.5 Å². The third-order valence-electron chi connectivity index (χ3n) is 6.80. The Balaban J connectivity index is 1.78. The second kappa shape index (κ2) is 7.08. The van der Waals surface area contributed by atoms with Crippen molar-refractivity contribution in [3.63, 3.8) is 0 Å². The molecule has 0 saturated carbocycles. The van der Waals surface area contributed by atoms with Gasteiger partial charge in [-0.25, -0.2) is 4.79 Å². The summed E-state index contributed by atoms with van der Waals surface area (Å²) >= 11 is 0. The number of carbonyl (C=O) groups is 1. The molecule has 5 nitrogen and oxygen atoms in total. The molecule has 2 aliphatic rings. The van der Waals surface area contributed by atoms with Crippen LogP contribution in [-0.2, 0) is 10.2 Å². The SMILES string of the molecule is COC(=O)c1cc2ccccc2c2c1OC1(C=N2)N(CC(C)(C)C)c2ccccc2C1(C)C.